The van der Waals surface area contributed by atoms with Gasteiger partial charge in [0.25, 0.3) is 0 Å². The van der Waals surface area contributed by atoms with E-state index in [1.807, 2.05) is 17.5 Å². The minimum atomic E-state index is -0.244. The van der Waals surface area contributed by atoms with E-state index in [1.165, 1.54) is 17.4 Å². The molecule has 0 fully saturated rings. The first-order chi connectivity index (χ1) is 6.83. The molecule has 0 unspecified atom stereocenters. The van der Waals surface area contributed by atoms with Crippen molar-refractivity contribution in [3.63, 3.8) is 0 Å². The average molecular weight is 208 g/mol. The van der Waals surface area contributed by atoms with Gasteiger partial charge in [0.1, 0.15) is 11.6 Å². The Labute approximate surface area is 85.8 Å². The fraction of sp³-hybridized carbons (Fsp3) is 0.0909. The highest BCUT2D eigenvalue weighted by molar-refractivity contribution is 7.13. The van der Waals surface area contributed by atoms with Crippen LogP contribution in [0.25, 0.3) is 10.4 Å². The van der Waals surface area contributed by atoms with Crippen molar-refractivity contribution in [1.82, 2.24) is 0 Å². The maximum atomic E-state index is 13.5. The van der Waals surface area contributed by atoms with Crippen molar-refractivity contribution < 1.29 is 9.13 Å². The molecule has 0 aliphatic rings. The summed E-state index contributed by atoms with van der Waals surface area (Å²) in [5.41, 5.74) is 0.546. The lowest BCUT2D eigenvalue weighted by Gasteiger charge is -2.06. The highest BCUT2D eigenvalue weighted by atomic mass is 32.1. The van der Waals surface area contributed by atoms with Crippen molar-refractivity contribution in [2.24, 2.45) is 0 Å². The smallest absolute Gasteiger partial charge is 0.135 e. The lowest BCUT2D eigenvalue weighted by atomic mass is 10.1. The van der Waals surface area contributed by atoms with Crippen LogP contribution in [-0.4, -0.2) is 7.11 Å². The molecule has 0 N–H and O–H groups in total. The quantitative estimate of drug-likeness (QED) is 0.733. The third kappa shape index (κ3) is 1.51. The van der Waals surface area contributed by atoms with Crippen LogP contribution < -0.4 is 4.74 Å². The van der Waals surface area contributed by atoms with Gasteiger partial charge in [0.05, 0.1) is 12.7 Å². The van der Waals surface area contributed by atoms with Gasteiger partial charge in [0.2, 0.25) is 0 Å². The second-order valence-electron chi connectivity index (χ2n) is 2.79. The standard InChI is InChI=1S/C11H9FOS/c1-13-9-5-2-4-8(12)11(9)10-6-3-7-14-10/h2-7H,1H3. The zero-order valence-corrected chi connectivity index (χ0v) is 8.48. The molecule has 0 aliphatic carbocycles. The molecule has 1 aromatic heterocycles. The summed E-state index contributed by atoms with van der Waals surface area (Å²) in [5, 5.41) is 1.92. The van der Waals surface area contributed by atoms with Gasteiger partial charge in [0.15, 0.2) is 0 Å². The summed E-state index contributed by atoms with van der Waals surface area (Å²) in [6.45, 7) is 0. The van der Waals surface area contributed by atoms with E-state index in [1.54, 1.807) is 19.2 Å². The van der Waals surface area contributed by atoms with Crippen LogP contribution in [0.1, 0.15) is 0 Å². The number of hydrogen-bond acceptors (Lipinski definition) is 2. The van der Waals surface area contributed by atoms with E-state index >= 15 is 0 Å². The molecule has 0 aliphatic heterocycles. The van der Waals surface area contributed by atoms with Gasteiger partial charge in [-0.05, 0) is 23.6 Å². The van der Waals surface area contributed by atoms with Crippen molar-refractivity contribution in [3.8, 4) is 16.2 Å². The molecule has 0 saturated carbocycles. The van der Waals surface area contributed by atoms with E-state index in [0.29, 0.717) is 11.3 Å². The van der Waals surface area contributed by atoms with E-state index in [2.05, 4.69) is 0 Å². The summed E-state index contributed by atoms with van der Waals surface area (Å²) in [5.74, 6) is 0.333. The molecule has 1 heterocycles. The summed E-state index contributed by atoms with van der Waals surface area (Å²) in [7, 11) is 1.55. The highest BCUT2D eigenvalue weighted by Crippen LogP contribution is 2.34. The molecule has 0 spiro atoms. The molecular weight excluding hydrogens is 199 g/mol. The molecule has 2 rings (SSSR count). The van der Waals surface area contributed by atoms with Gasteiger partial charge in [0, 0.05) is 4.88 Å². The normalized spacial score (nSPS) is 10.1. The number of hydrogen-bond donors (Lipinski definition) is 0. The predicted molar refractivity (Wildman–Crippen MR) is 56.3 cm³/mol. The maximum absolute atomic E-state index is 13.5. The first-order valence-electron chi connectivity index (χ1n) is 4.19. The Morgan fingerprint density at radius 1 is 1.21 bits per heavy atom. The lowest BCUT2D eigenvalue weighted by molar-refractivity contribution is 0.413. The maximum Gasteiger partial charge on any atom is 0.135 e. The molecule has 0 bridgehead atoms. The van der Waals surface area contributed by atoms with Crippen LogP contribution in [0.4, 0.5) is 4.39 Å². The Hall–Kier alpha value is -1.35. The van der Waals surface area contributed by atoms with E-state index in [0.717, 1.165) is 4.88 Å². The summed E-state index contributed by atoms with van der Waals surface area (Å²) < 4.78 is 18.6. The summed E-state index contributed by atoms with van der Waals surface area (Å²) >= 11 is 1.50. The zero-order chi connectivity index (χ0) is 9.97. The van der Waals surface area contributed by atoms with Crippen molar-refractivity contribution in [2.75, 3.05) is 7.11 Å². The van der Waals surface area contributed by atoms with Gasteiger partial charge in [-0.3, -0.25) is 0 Å². The van der Waals surface area contributed by atoms with Gasteiger partial charge in [-0.1, -0.05) is 12.1 Å². The number of thiophene rings is 1. The van der Waals surface area contributed by atoms with Gasteiger partial charge in [-0.15, -0.1) is 11.3 Å². The van der Waals surface area contributed by atoms with E-state index in [4.69, 9.17) is 4.74 Å². The first-order valence-corrected chi connectivity index (χ1v) is 5.07. The van der Waals surface area contributed by atoms with Crippen LogP contribution in [0.15, 0.2) is 35.7 Å². The Bertz CT molecular complexity index is 423. The first kappa shape index (κ1) is 9.21. The third-order valence-corrected chi connectivity index (χ3v) is 2.85. The largest absolute Gasteiger partial charge is 0.496 e. The Morgan fingerprint density at radius 3 is 2.71 bits per heavy atom. The van der Waals surface area contributed by atoms with Crippen LogP contribution in [0.5, 0.6) is 5.75 Å². The minimum Gasteiger partial charge on any atom is -0.496 e. The number of rotatable bonds is 2. The number of ether oxygens (including phenoxy) is 1. The van der Waals surface area contributed by atoms with E-state index in [-0.39, 0.29) is 5.82 Å². The Balaban J connectivity index is 2.61. The van der Waals surface area contributed by atoms with Crippen LogP contribution in [0, 0.1) is 5.82 Å². The van der Waals surface area contributed by atoms with Crippen molar-refractivity contribution in [1.29, 1.82) is 0 Å². The van der Waals surface area contributed by atoms with Gasteiger partial charge < -0.3 is 4.74 Å². The number of benzene rings is 1. The second kappa shape index (κ2) is 3.80. The molecule has 0 radical (unpaired) electrons. The monoisotopic (exact) mass is 208 g/mol. The lowest BCUT2D eigenvalue weighted by Crippen LogP contribution is -1.89. The minimum absolute atomic E-state index is 0.244. The molecule has 2 aromatic rings. The number of methoxy groups -OCH3 is 1. The van der Waals surface area contributed by atoms with Crippen LogP contribution in [-0.2, 0) is 0 Å². The predicted octanol–water partition coefficient (Wildman–Crippen LogP) is 3.56. The molecule has 72 valence electrons. The Kier molecular flexibility index (Phi) is 2.50. The van der Waals surface area contributed by atoms with Crippen LogP contribution in [0.2, 0.25) is 0 Å². The molecule has 0 amide bonds. The van der Waals surface area contributed by atoms with E-state index < -0.39 is 0 Å². The van der Waals surface area contributed by atoms with Crippen molar-refractivity contribution in [2.45, 2.75) is 0 Å². The zero-order valence-electron chi connectivity index (χ0n) is 7.66. The molecule has 14 heavy (non-hydrogen) atoms. The van der Waals surface area contributed by atoms with Gasteiger partial charge in [-0.25, -0.2) is 4.39 Å². The summed E-state index contributed by atoms with van der Waals surface area (Å²) in [6, 6.07) is 8.62. The van der Waals surface area contributed by atoms with E-state index in [9.17, 15) is 4.39 Å². The Morgan fingerprint density at radius 2 is 2.07 bits per heavy atom. The fourth-order valence-electron chi connectivity index (χ4n) is 1.33. The molecule has 0 atom stereocenters. The molecular formula is C11H9FOS. The molecule has 1 nitrogen and oxygen atoms in total. The van der Waals surface area contributed by atoms with Gasteiger partial charge in [-0.2, -0.15) is 0 Å². The van der Waals surface area contributed by atoms with Crippen LogP contribution in [0.3, 0.4) is 0 Å². The molecule has 0 saturated heterocycles. The van der Waals surface area contributed by atoms with Crippen molar-refractivity contribution >= 4 is 11.3 Å². The molecule has 1 aromatic carbocycles. The SMILES string of the molecule is COc1cccc(F)c1-c1cccs1. The molecule has 3 heteroatoms. The second-order valence-corrected chi connectivity index (χ2v) is 3.74. The topological polar surface area (TPSA) is 9.23 Å². The summed E-state index contributed by atoms with van der Waals surface area (Å²) in [6.07, 6.45) is 0. The fourth-order valence-corrected chi connectivity index (χ4v) is 2.11. The third-order valence-electron chi connectivity index (χ3n) is 1.96. The van der Waals surface area contributed by atoms with Crippen LogP contribution >= 0.6 is 11.3 Å². The highest BCUT2D eigenvalue weighted by Gasteiger charge is 2.11. The van der Waals surface area contributed by atoms with Gasteiger partial charge >= 0.3 is 0 Å². The van der Waals surface area contributed by atoms with Crippen molar-refractivity contribution in [3.05, 3.63) is 41.5 Å². The summed E-state index contributed by atoms with van der Waals surface area (Å²) in [4.78, 5) is 0.889. The number of halogens is 1. The average Bonchev–Trinajstić information content (AvgIpc) is 2.70.